The first-order valence-electron chi connectivity index (χ1n) is 10.9. The number of aryl methyl sites for hydroxylation is 1. The smallest absolute Gasteiger partial charge is 0.311 e. The maximum absolute atomic E-state index is 11.6. The van der Waals surface area contributed by atoms with Crippen LogP contribution in [-0.4, -0.2) is 59.4 Å². The third-order valence-electron chi connectivity index (χ3n) is 6.43. The number of rotatable bonds is 6. The van der Waals surface area contributed by atoms with Crippen LogP contribution in [0.5, 0.6) is 5.75 Å². The van der Waals surface area contributed by atoms with Crippen LogP contribution in [0.15, 0.2) is 24.5 Å². The Morgan fingerprint density at radius 1 is 1.17 bits per heavy atom. The molecule has 2 fully saturated rings. The van der Waals surface area contributed by atoms with Crippen LogP contribution in [0.4, 0.5) is 11.4 Å². The van der Waals surface area contributed by atoms with E-state index in [1.807, 2.05) is 19.3 Å². The zero-order chi connectivity index (χ0) is 21.1. The van der Waals surface area contributed by atoms with Crippen molar-refractivity contribution in [1.29, 1.82) is 0 Å². The Kier molecular flexibility index (Phi) is 6.22. The quantitative estimate of drug-likeness (QED) is 0.531. The first-order valence-corrected chi connectivity index (χ1v) is 10.9. The topological polar surface area (TPSA) is 76.7 Å². The van der Waals surface area contributed by atoms with E-state index in [0.717, 1.165) is 48.7 Å². The molecule has 4 rings (SSSR count). The molecule has 0 radical (unpaired) electrons. The Bertz CT molecular complexity index is 883. The van der Waals surface area contributed by atoms with E-state index < -0.39 is 0 Å². The van der Waals surface area contributed by atoms with E-state index in [9.17, 15) is 10.1 Å². The average Bonchev–Trinajstić information content (AvgIpc) is 3.20. The average molecular weight is 414 g/mol. The van der Waals surface area contributed by atoms with Gasteiger partial charge in [-0.1, -0.05) is 6.42 Å². The number of nitro benzene ring substituents is 1. The molecule has 8 nitrogen and oxygen atoms in total. The highest BCUT2D eigenvalue weighted by Crippen LogP contribution is 2.41. The van der Waals surface area contributed by atoms with Crippen molar-refractivity contribution in [2.45, 2.75) is 32.1 Å². The number of benzene rings is 1. The SMILES string of the molecule is COc1cc(N2CCC(CN3CCCCC3)CC2)c(-c2cnn(C)c2)cc1[N+](=O)[O-]. The van der Waals surface area contributed by atoms with Gasteiger partial charge in [0.2, 0.25) is 0 Å². The van der Waals surface area contributed by atoms with Crippen LogP contribution < -0.4 is 9.64 Å². The minimum atomic E-state index is -0.382. The molecule has 2 aliphatic heterocycles. The molecule has 3 heterocycles. The first kappa shape index (κ1) is 20.7. The van der Waals surface area contributed by atoms with Gasteiger partial charge >= 0.3 is 5.69 Å². The summed E-state index contributed by atoms with van der Waals surface area (Å²) in [6, 6.07) is 3.45. The van der Waals surface area contributed by atoms with Crippen molar-refractivity contribution in [3.63, 3.8) is 0 Å². The monoisotopic (exact) mass is 413 g/mol. The van der Waals surface area contributed by atoms with Gasteiger partial charge in [0, 0.05) is 61.8 Å². The minimum absolute atomic E-state index is 0.0138. The van der Waals surface area contributed by atoms with Crippen molar-refractivity contribution < 1.29 is 9.66 Å². The van der Waals surface area contributed by atoms with Gasteiger partial charge in [-0.2, -0.15) is 5.10 Å². The highest BCUT2D eigenvalue weighted by Gasteiger charge is 2.27. The number of hydrogen-bond acceptors (Lipinski definition) is 6. The lowest BCUT2D eigenvalue weighted by atomic mass is 9.94. The second-order valence-electron chi connectivity index (χ2n) is 8.49. The molecule has 0 N–H and O–H groups in total. The van der Waals surface area contributed by atoms with E-state index in [4.69, 9.17) is 4.74 Å². The maximum Gasteiger partial charge on any atom is 0.311 e. The van der Waals surface area contributed by atoms with E-state index in [1.54, 1.807) is 16.9 Å². The Balaban J connectivity index is 1.56. The number of likely N-dealkylation sites (tertiary alicyclic amines) is 1. The van der Waals surface area contributed by atoms with Gasteiger partial charge in [0.25, 0.3) is 0 Å². The Morgan fingerprint density at radius 2 is 1.90 bits per heavy atom. The molecule has 0 unspecified atom stereocenters. The summed E-state index contributed by atoms with van der Waals surface area (Å²) in [4.78, 5) is 16.2. The van der Waals surface area contributed by atoms with E-state index >= 15 is 0 Å². The summed E-state index contributed by atoms with van der Waals surface area (Å²) in [5.41, 5.74) is 2.70. The van der Waals surface area contributed by atoms with Crippen LogP contribution in [0.25, 0.3) is 11.1 Å². The van der Waals surface area contributed by atoms with Gasteiger partial charge in [0.1, 0.15) is 0 Å². The zero-order valence-corrected chi connectivity index (χ0v) is 17.9. The van der Waals surface area contributed by atoms with Crippen LogP contribution in [0.2, 0.25) is 0 Å². The second-order valence-corrected chi connectivity index (χ2v) is 8.49. The van der Waals surface area contributed by atoms with Gasteiger partial charge in [-0.05, 0) is 44.7 Å². The van der Waals surface area contributed by atoms with Gasteiger partial charge in [0.15, 0.2) is 5.75 Å². The summed E-state index contributed by atoms with van der Waals surface area (Å²) in [5, 5.41) is 15.8. The van der Waals surface area contributed by atoms with Crippen LogP contribution in [0, 0.1) is 16.0 Å². The fourth-order valence-corrected chi connectivity index (χ4v) is 4.78. The Labute approximate surface area is 177 Å². The lowest BCUT2D eigenvalue weighted by molar-refractivity contribution is -0.385. The maximum atomic E-state index is 11.6. The summed E-state index contributed by atoms with van der Waals surface area (Å²) in [7, 11) is 3.34. The molecule has 0 saturated carbocycles. The number of anilines is 1. The van der Waals surface area contributed by atoms with Gasteiger partial charge in [-0.25, -0.2) is 0 Å². The normalized spacial score (nSPS) is 18.5. The number of hydrogen-bond donors (Lipinski definition) is 0. The van der Waals surface area contributed by atoms with E-state index in [2.05, 4.69) is 14.9 Å². The highest BCUT2D eigenvalue weighted by molar-refractivity contribution is 5.82. The first-order chi connectivity index (χ1) is 14.5. The van der Waals surface area contributed by atoms with Crippen molar-refractivity contribution >= 4 is 11.4 Å². The number of ether oxygens (including phenoxy) is 1. The number of nitro groups is 1. The van der Waals surface area contributed by atoms with E-state index in [-0.39, 0.29) is 10.6 Å². The molecule has 8 heteroatoms. The van der Waals surface area contributed by atoms with Crippen LogP contribution in [0.3, 0.4) is 0 Å². The molecule has 162 valence electrons. The van der Waals surface area contributed by atoms with Gasteiger partial charge in [-0.15, -0.1) is 0 Å². The summed E-state index contributed by atoms with van der Waals surface area (Å²) in [6.07, 6.45) is 9.97. The molecule has 2 aliphatic rings. The third kappa shape index (κ3) is 4.43. The van der Waals surface area contributed by atoms with Crippen LogP contribution >= 0.6 is 0 Å². The molecule has 0 aliphatic carbocycles. The second kappa shape index (κ2) is 9.04. The van der Waals surface area contributed by atoms with Gasteiger partial charge < -0.3 is 14.5 Å². The molecule has 0 bridgehead atoms. The number of aromatic nitrogens is 2. The molecule has 0 amide bonds. The summed E-state index contributed by atoms with van der Waals surface area (Å²) in [5.74, 6) is 1.03. The largest absolute Gasteiger partial charge is 0.490 e. The van der Waals surface area contributed by atoms with Crippen LogP contribution in [-0.2, 0) is 7.05 Å². The van der Waals surface area contributed by atoms with Gasteiger partial charge in [-0.3, -0.25) is 14.8 Å². The van der Waals surface area contributed by atoms with Crippen LogP contribution in [0.1, 0.15) is 32.1 Å². The summed E-state index contributed by atoms with van der Waals surface area (Å²) >= 11 is 0. The molecule has 2 aromatic rings. The van der Waals surface area contributed by atoms with Crippen molar-refractivity contribution in [2.24, 2.45) is 13.0 Å². The molecule has 0 atom stereocenters. The summed E-state index contributed by atoms with van der Waals surface area (Å²) in [6.45, 7) is 5.59. The molecule has 0 spiro atoms. The van der Waals surface area contributed by atoms with Crippen molar-refractivity contribution in [3.8, 4) is 16.9 Å². The molecule has 30 heavy (non-hydrogen) atoms. The standard InChI is InChI=1S/C22H31N5O3/c1-24-16-18(14-23-24)19-12-21(27(28)29)22(30-2)13-20(19)26-10-6-17(7-11-26)15-25-8-4-3-5-9-25/h12-14,16-17H,3-11,15H2,1-2H3. The highest BCUT2D eigenvalue weighted by atomic mass is 16.6. The van der Waals surface area contributed by atoms with E-state index in [0.29, 0.717) is 5.75 Å². The minimum Gasteiger partial charge on any atom is -0.490 e. The predicted octanol–water partition coefficient (Wildman–Crippen LogP) is 3.71. The number of nitrogens with zero attached hydrogens (tertiary/aromatic N) is 5. The van der Waals surface area contributed by atoms with E-state index in [1.165, 1.54) is 46.0 Å². The Morgan fingerprint density at radius 3 is 2.50 bits per heavy atom. The lowest BCUT2D eigenvalue weighted by Gasteiger charge is -2.37. The molecular formula is C22H31N5O3. The molecular weight excluding hydrogens is 382 g/mol. The number of piperidine rings is 2. The Hall–Kier alpha value is -2.61. The molecule has 2 saturated heterocycles. The van der Waals surface area contributed by atoms with Crippen molar-refractivity contribution in [3.05, 3.63) is 34.6 Å². The lowest BCUT2D eigenvalue weighted by Crippen LogP contribution is -2.40. The fraction of sp³-hybridized carbons (Fsp3) is 0.591. The number of methoxy groups -OCH3 is 1. The van der Waals surface area contributed by atoms with Crippen molar-refractivity contribution in [1.82, 2.24) is 14.7 Å². The van der Waals surface area contributed by atoms with Gasteiger partial charge in [0.05, 0.1) is 18.2 Å². The summed E-state index contributed by atoms with van der Waals surface area (Å²) < 4.78 is 7.08. The molecule has 1 aromatic carbocycles. The van der Waals surface area contributed by atoms with Crippen molar-refractivity contribution in [2.75, 3.05) is 44.7 Å². The molecule has 1 aromatic heterocycles. The predicted molar refractivity (Wildman–Crippen MR) is 117 cm³/mol. The zero-order valence-electron chi connectivity index (χ0n) is 17.9. The third-order valence-corrected chi connectivity index (χ3v) is 6.43. The fourth-order valence-electron chi connectivity index (χ4n) is 4.78.